The molecule has 1 aliphatic heterocycles. The zero-order chi connectivity index (χ0) is 10.1. The van der Waals surface area contributed by atoms with Crippen LogP contribution in [-0.4, -0.2) is 29.1 Å². The van der Waals surface area contributed by atoms with Crippen LogP contribution in [0.1, 0.15) is 30.9 Å². The third-order valence-corrected chi connectivity index (χ3v) is 3.07. The van der Waals surface area contributed by atoms with Gasteiger partial charge in [0, 0.05) is 30.4 Å². The summed E-state index contributed by atoms with van der Waals surface area (Å²) >= 11 is 0. The summed E-state index contributed by atoms with van der Waals surface area (Å²) < 4.78 is 0. The fourth-order valence-corrected chi connectivity index (χ4v) is 2.01. The van der Waals surface area contributed by atoms with Crippen LogP contribution in [0.5, 0.6) is 0 Å². The molecule has 1 aromatic rings. The number of aromatic nitrogens is 2. The Labute approximate surface area is 89.5 Å². The van der Waals surface area contributed by atoms with Gasteiger partial charge in [-0.3, -0.25) is 0 Å². The lowest BCUT2D eigenvalue weighted by atomic mass is 10.2. The lowest BCUT2D eigenvalue weighted by Crippen LogP contribution is -2.23. The van der Waals surface area contributed by atoms with E-state index in [2.05, 4.69) is 20.6 Å². The van der Waals surface area contributed by atoms with Crippen LogP contribution < -0.4 is 10.6 Å². The standard InChI is InChI=1S/C11H16N4/c1-2-8(1)10-4-6-13-11(15-10)14-9-3-5-12-7-9/h4,6,8-9,12H,1-3,5,7H2,(H,13,14,15)/t9-/m1/s1. The Hall–Kier alpha value is -1.16. The second-order valence-corrected chi connectivity index (χ2v) is 4.41. The average Bonchev–Trinajstić information content (AvgIpc) is 3.00. The predicted octanol–water partition coefficient (Wildman–Crippen LogP) is 1.13. The molecule has 1 atom stereocenters. The van der Waals surface area contributed by atoms with E-state index in [9.17, 15) is 0 Å². The molecule has 0 unspecified atom stereocenters. The SMILES string of the molecule is c1cc(C2CC2)nc(N[C@@H]2CCNC2)n1. The molecule has 80 valence electrons. The highest BCUT2D eigenvalue weighted by Gasteiger charge is 2.25. The molecular weight excluding hydrogens is 188 g/mol. The van der Waals surface area contributed by atoms with Crippen LogP contribution in [-0.2, 0) is 0 Å². The Morgan fingerprint density at radius 3 is 3.00 bits per heavy atom. The number of rotatable bonds is 3. The number of hydrogen-bond donors (Lipinski definition) is 2. The fourth-order valence-electron chi connectivity index (χ4n) is 2.01. The maximum absolute atomic E-state index is 4.55. The second-order valence-electron chi connectivity index (χ2n) is 4.41. The molecule has 0 aromatic carbocycles. The zero-order valence-corrected chi connectivity index (χ0v) is 8.74. The first-order valence-corrected chi connectivity index (χ1v) is 5.72. The summed E-state index contributed by atoms with van der Waals surface area (Å²) in [6, 6.07) is 2.54. The van der Waals surface area contributed by atoms with Gasteiger partial charge in [-0.2, -0.15) is 0 Å². The van der Waals surface area contributed by atoms with Gasteiger partial charge < -0.3 is 10.6 Å². The third kappa shape index (κ3) is 2.09. The van der Waals surface area contributed by atoms with E-state index in [0.717, 1.165) is 25.5 Å². The van der Waals surface area contributed by atoms with Crippen molar-refractivity contribution in [1.82, 2.24) is 15.3 Å². The molecule has 2 N–H and O–H groups in total. The molecule has 1 saturated heterocycles. The van der Waals surface area contributed by atoms with Gasteiger partial charge in [-0.25, -0.2) is 9.97 Å². The number of nitrogens with one attached hydrogen (secondary N) is 2. The first kappa shape index (κ1) is 9.09. The van der Waals surface area contributed by atoms with Gasteiger partial charge in [0.2, 0.25) is 5.95 Å². The minimum atomic E-state index is 0.499. The fraction of sp³-hybridized carbons (Fsp3) is 0.636. The van der Waals surface area contributed by atoms with Crippen LogP contribution >= 0.6 is 0 Å². The van der Waals surface area contributed by atoms with Gasteiger partial charge in [-0.1, -0.05) is 0 Å². The van der Waals surface area contributed by atoms with Gasteiger partial charge in [0.05, 0.1) is 0 Å². The number of anilines is 1. The van der Waals surface area contributed by atoms with Crippen molar-refractivity contribution in [3.8, 4) is 0 Å². The maximum Gasteiger partial charge on any atom is 0.223 e. The summed E-state index contributed by atoms with van der Waals surface area (Å²) in [5.74, 6) is 1.50. The van der Waals surface area contributed by atoms with Crippen LogP contribution in [0, 0.1) is 0 Å². The van der Waals surface area contributed by atoms with Crippen molar-refractivity contribution < 1.29 is 0 Å². The average molecular weight is 204 g/mol. The molecule has 3 rings (SSSR count). The van der Waals surface area contributed by atoms with Gasteiger partial charge in [0.1, 0.15) is 0 Å². The molecule has 0 radical (unpaired) electrons. The van der Waals surface area contributed by atoms with E-state index >= 15 is 0 Å². The molecule has 0 amide bonds. The molecule has 4 heteroatoms. The molecule has 2 fully saturated rings. The van der Waals surface area contributed by atoms with Crippen LogP contribution in [0.4, 0.5) is 5.95 Å². The lowest BCUT2D eigenvalue weighted by molar-refractivity contribution is 0.777. The summed E-state index contributed by atoms with van der Waals surface area (Å²) in [5.41, 5.74) is 1.21. The van der Waals surface area contributed by atoms with Gasteiger partial charge in [0.15, 0.2) is 0 Å². The summed E-state index contributed by atoms with van der Waals surface area (Å²) in [4.78, 5) is 8.81. The minimum absolute atomic E-state index is 0.499. The molecular formula is C11H16N4. The molecule has 0 spiro atoms. The van der Waals surface area contributed by atoms with Crippen LogP contribution in [0.25, 0.3) is 0 Å². The van der Waals surface area contributed by atoms with E-state index < -0.39 is 0 Å². The van der Waals surface area contributed by atoms with E-state index in [-0.39, 0.29) is 0 Å². The largest absolute Gasteiger partial charge is 0.350 e. The molecule has 1 aliphatic carbocycles. The lowest BCUT2D eigenvalue weighted by Gasteiger charge is -2.11. The second kappa shape index (κ2) is 3.77. The van der Waals surface area contributed by atoms with Crippen LogP contribution in [0.2, 0.25) is 0 Å². The molecule has 0 bridgehead atoms. The third-order valence-electron chi connectivity index (χ3n) is 3.07. The summed E-state index contributed by atoms with van der Waals surface area (Å²) in [6.45, 7) is 2.12. The van der Waals surface area contributed by atoms with E-state index in [1.807, 2.05) is 12.3 Å². The van der Waals surface area contributed by atoms with Crippen molar-refractivity contribution in [2.45, 2.75) is 31.2 Å². The smallest absolute Gasteiger partial charge is 0.223 e. The van der Waals surface area contributed by atoms with E-state index in [1.54, 1.807) is 0 Å². The molecule has 1 saturated carbocycles. The Morgan fingerprint density at radius 1 is 1.33 bits per heavy atom. The van der Waals surface area contributed by atoms with Crippen LogP contribution in [0.3, 0.4) is 0 Å². The molecule has 1 aromatic heterocycles. The van der Waals surface area contributed by atoms with Gasteiger partial charge in [-0.05, 0) is 31.9 Å². The van der Waals surface area contributed by atoms with E-state index in [1.165, 1.54) is 18.5 Å². The molecule has 15 heavy (non-hydrogen) atoms. The topological polar surface area (TPSA) is 49.8 Å². The van der Waals surface area contributed by atoms with Crippen molar-refractivity contribution in [2.75, 3.05) is 18.4 Å². The summed E-state index contributed by atoms with van der Waals surface area (Å²) in [5, 5.41) is 6.70. The molecule has 2 heterocycles. The highest BCUT2D eigenvalue weighted by Crippen LogP contribution is 2.38. The van der Waals surface area contributed by atoms with Gasteiger partial charge in [-0.15, -0.1) is 0 Å². The van der Waals surface area contributed by atoms with Crippen LogP contribution in [0.15, 0.2) is 12.3 Å². The quantitative estimate of drug-likeness (QED) is 0.775. The maximum atomic E-state index is 4.55. The molecule has 2 aliphatic rings. The summed E-state index contributed by atoms with van der Waals surface area (Å²) in [7, 11) is 0. The van der Waals surface area contributed by atoms with Gasteiger partial charge >= 0.3 is 0 Å². The van der Waals surface area contributed by atoms with Crippen molar-refractivity contribution in [3.63, 3.8) is 0 Å². The Kier molecular flexibility index (Phi) is 2.29. The first-order chi connectivity index (χ1) is 7.42. The van der Waals surface area contributed by atoms with E-state index in [0.29, 0.717) is 12.0 Å². The Bertz CT molecular complexity index is 342. The highest BCUT2D eigenvalue weighted by molar-refractivity contribution is 5.29. The van der Waals surface area contributed by atoms with Crippen molar-refractivity contribution in [1.29, 1.82) is 0 Å². The minimum Gasteiger partial charge on any atom is -0.350 e. The Morgan fingerprint density at radius 2 is 2.27 bits per heavy atom. The zero-order valence-electron chi connectivity index (χ0n) is 8.74. The van der Waals surface area contributed by atoms with Crippen molar-refractivity contribution in [3.05, 3.63) is 18.0 Å². The Balaban J connectivity index is 1.70. The predicted molar refractivity (Wildman–Crippen MR) is 58.9 cm³/mol. The highest BCUT2D eigenvalue weighted by atomic mass is 15.1. The number of hydrogen-bond acceptors (Lipinski definition) is 4. The number of nitrogens with zero attached hydrogens (tertiary/aromatic N) is 2. The van der Waals surface area contributed by atoms with E-state index in [4.69, 9.17) is 0 Å². The van der Waals surface area contributed by atoms with Crippen molar-refractivity contribution >= 4 is 5.95 Å². The molecule has 4 nitrogen and oxygen atoms in total. The first-order valence-electron chi connectivity index (χ1n) is 5.72. The normalized spacial score (nSPS) is 25.5. The monoisotopic (exact) mass is 204 g/mol. The van der Waals surface area contributed by atoms with Gasteiger partial charge in [0.25, 0.3) is 0 Å². The summed E-state index contributed by atoms with van der Waals surface area (Å²) in [6.07, 6.45) is 5.62. The van der Waals surface area contributed by atoms with Crippen molar-refractivity contribution in [2.24, 2.45) is 0 Å².